The summed E-state index contributed by atoms with van der Waals surface area (Å²) in [6, 6.07) is -0.522. The monoisotopic (exact) mass is 235 g/mol. The standard InChI is InChI=1S/C11H17N5O/c1-5-16-9(10(12)13-11(16)17)8-6(2)14-15(4)7(8)3/h9H,5H2,1-4H3,(H2,12,13,17). The van der Waals surface area contributed by atoms with E-state index in [0.29, 0.717) is 6.54 Å². The molecule has 2 heterocycles. The van der Waals surface area contributed by atoms with Crippen LogP contribution in [0.1, 0.15) is 29.9 Å². The van der Waals surface area contributed by atoms with Crippen LogP contribution < -0.4 is 5.32 Å². The second-order valence-corrected chi connectivity index (χ2v) is 4.24. The van der Waals surface area contributed by atoms with Crippen LogP contribution in [0.5, 0.6) is 0 Å². The van der Waals surface area contributed by atoms with Crippen LogP contribution in [0, 0.1) is 19.3 Å². The summed E-state index contributed by atoms with van der Waals surface area (Å²) < 4.78 is 1.79. The highest BCUT2D eigenvalue weighted by atomic mass is 16.2. The number of carbonyl (C=O) groups excluding carboxylic acids is 1. The van der Waals surface area contributed by atoms with Crippen molar-refractivity contribution in [2.75, 3.05) is 6.54 Å². The Morgan fingerprint density at radius 3 is 2.59 bits per heavy atom. The molecule has 0 saturated carbocycles. The lowest BCUT2D eigenvalue weighted by Gasteiger charge is -2.21. The normalized spacial score (nSPS) is 20.0. The van der Waals surface area contributed by atoms with Gasteiger partial charge in [-0.25, -0.2) is 4.79 Å². The molecule has 0 spiro atoms. The lowest BCUT2D eigenvalue weighted by molar-refractivity contribution is 0.208. The summed E-state index contributed by atoms with van der Waals surface area (Å²) in [6.45, 7) is 6.35. The molecule has 1 fully saturated rings. The molecule has 92 valence electrons. The maximum atomic E-state index is 11.7. The number of carbonyl (C=O) groups is 1. The number of aromatic nitrogens is 2. The third-order valence-electron chi connectivity index (χ3n) is 3.27. The van der Waals surface area contributed by atoms with Crippen molar-refractivity contribution < 1.29 is 4.79 Å². The van der Waals surface area contributed by atoms with Gasteiger partial charge in [0.15, 0.2) is 0 Å². The molecule has 1 aromatic heterocycles. The Morgan fingerprint density at radius 2 is 2.12 bits per heavy atom. The molecule has 1 aromatic rings. The predicted molar refractivity (Wildman–Crippen MR) is 64.1 cm³/mol. The minimum Gasteiger partial charge on any atom is -0.310 e. The molecule has 6 nitrogen and oxygen atoms in total. The fourth-order valence-corrected chi connectivity index (χ4v) is 2.34. The second-order valence-electron chi connectivity index (χ2n) is 4.24. The van der Waals surface area contributed by atoms with E-state index in [4.69, 9.17) is 5.41 Å². The van der Waals surface area contributed by atoms with Crippen molar-refractivity contribution in [3.8, 4) is 0 Å². The molecule has 0 aromatic carbocycles. The first-order chi connectivity index (χ1) is 7.97. The predicted octanol–water partition coefficient (Wildman–Crippen LogP) is 1.10. The summed E-state index contributed by atoms with van der Waals surface area (Å²) in [5, 5.41) is 14.8. The minimum atomic E-state index is -0.318. The number of hydrogen-bond acceptors (Lipinski definition) is 3. The van der Waals surface area contributed by atoms with E-state index < -0.39 is 0 Å². The highest BCUT2D eigenvalue weighted by Gasteiger charge is 2.38. The molecule has 17 heavy (non-hydrogen) atoms. The first kappa shape index (κ1) is 11.6. The van der Waals surface area contributed by atoms with Crippen LogP contribution in [-0.2, 0) is 7.05 Å². The number of amides is 2. The van der Waals surface area contributed by atoms with Gasteiger partial charge >= 0.3 is 6.03 Å². The van der Waals surface area contributed by atoms with Crippen molar-refractivity contribution in [1.29, 1.82) is 5.41 Å². The third-order valence-corrected chi connectivity index (χ3v) is 3.27. The highest BCUT2D eigenvalue weighted by Crippen LogP contribution is 2.30. The van der Waals surface area contributed by atoms with Gasteiger partial charge in [0.05, 0.1) is 5.69 Å². The molecular formula is C11H17N5O. The van der Waals surface area contributed by atoms with Gasteiger partial charge in [-0.15, -0.1) is 0 Å². The van der Waals surface area contributed by atoms with Crippen molar-refractivity contribution in [2.24, 2.45) is 7.05 Å². The first-order valence-electron chi connectivity index (χ1n) is 5.63. The van der Waals surface area contributed by atoms with E-state index in [1.54, 1.807) is 9.58 Å². The Balaban J connectivity index is 2.51. The van der Waals surface area contributed by atoms with Gasteiger partial charge in [0.1, 0.15) is 11.9 Å². The van der Waals surface area contributed by atoms with Gasteiger partial charge < -0.3 is 4.90 Å². The van der Waals surface area contributed by atoms with E-state index in [1.165, 1.54) is 0 Å². The van der Waals surface area contributed by atoms with Crippen molar-refractivity contribution >= 4 is 11.9 Å². The van der Waals surface area contributed by atoms with Crippen LogP contribution in [0.3, 0.4) is 0 Å². The van der Waals surface area contributed by atoms with Crippen LogP contribution >= 0.6 is 0 Å². The summed E-state index contributed by atoms with van der Waals surface area (Å²) in [5.41, 5.74) is 2.82. The summed E-state index contributed by atoms with van der Waals surface area (Å²) in [4.78, 5) is 13.3. The van der Waals surface area contributed by atoms with E-state index in [9.17, 15) is 4.79 Å². The van der Waals surface area contributed by atoms with Crippen LogP contribution in [0.2, 0.25) is 0 Å². The SMILES string of the molecule is CCN1C(=O)NC(=N)C1c1c(C)nn(C)c1C. The summed E-state index contributed by atoms with van der Waals surface area (Å²) >= 11 is 0. The smallest absolute Gasteiger partial charge is 0.310 e. The van der Waals surface area contributed by atoms with E-state index in [2.05, 4.69) is 10.4 Å². The quantitative estimate of drug-likeness (QED) is 0.805. The fourth-order valence-electron chi connectivity index (χ4n) is 2.34. The molecule has 2 N–H and O–H groups in total. The number of rotatable bonds is 2. The lowest BCUT2D eigenvalue weighted by atomic mass is 10.0. The van der Waals surface area contributed by atoms with E-state index in [-0.39, 0.29) is 17.9 Å². The zero-order chi connectivity index (χ0) is 12.7. The largest absolute Gasteiger partial charge is 0.323 e. The van der Waals surface area contributed by atoms with Crippen molar-refractivity contribution in [2.45, 2.75) is 26.8 Å². The number of amidine groups is 1. The van der Waals surface area contributed by atoms with Gasteiger partial charge in [0.25, 0.3) is 0 Å². The van der Waals surface area contributed by atoms with Gasteiger partial charge in [-0.1, -0.05) is 0 Å². The zero-order valence-electron chi connectivity index (χ0n) is 10.5. The van der Waals surface area contributed by atoms with Crippen molar-refractivity contribution in [3.05, 3.63) is 17.0 Å². The molecule has 1 aliphatic rings. The van der Waals surface area contributed by atoms with Gasteiger partial charge in [0, 0.05) is 24.8 Å². The average molecular weight is 235 g/mol. The Labute approximate surface area is 100 Å². The molecule has 2 rings (SSSR count). The topological polar surface area (TPSA) is 74.0 Å². The number of aryl methyl sites for hydroxylation is 2. The molecule has 1 unspecified atom stereocenters. The Morgan fingerprint density at radius 1 is 1.47 bits per heavy atom. The van der Waals surface area contributed by atoms with Crippen molar-refractivity contribution in [1.82, 2.24) is 20.0 Å². The molecule has 1 aliphatic heterocycles. The molecule has 0 aliphatic carbocycles. The first-order valence-corrected chi connectivity index (χ1v) is 5.63. The molecule has 6 heteroatoms. The number of nitrogens with zero attached hydrogens (tertiary/aromatic N) is 3. The second kappa shape index (κ2) is 3.87. The number of hydrogen-bond donors (Lipinski definition) is 2. The molecule has 0 bridgehead atoms. The molecular weight excluding hydrogens is 218 g/mol. The molecule has 2 amide bonds. The van der Waals surface area contributed by atoms with Crippen molar-refractivity contribution in [3.63, 3.8) is 0 Å². The van der Waals surface area contributed by atoms with Gasteiger partial charge in [-0.05, 0) is 20.8 Å². The summed E-state index contributed by atoms with van der Waals surface area (Å²) in [5.74, 6) is 0.232. The fraction of sp³-hybridized carbons (Fsp3) is 0.545. The van der Waals surface area contributed by atoms with Gasteiger partial charge in [-0.3, -0.25) is 15.4 Å². The highest BCUT2D eigenvalue weighted by molar-refractivity contribution is 6.06. The van der Waals surface area contributed by atoms with E-state index in [1.807, 2.05) is 27.8 Å². The zero-order valence-corrected chi connectivity index (χ0v) is 10.5. The van der Waals surface area contributed by atoms with Crippen LogP contribution in [0.4, 0.5) is 4.79 Å². The maximum absolute atomic E-state index is 11.7. The summed E-state index contributed by atoms with van der Waals surface area (Å²) in [6.07, 6.45) is 0. The van der Waals surface area contributed by atoms with E-state index in [0.717, 1.165) is 17.0 Å². The average Bonchev–Trinajstić information content (AvgIpc) is 2.65. The number of nitrogens with one attached hydrogen (secondary N) is 2. The maximum Gasteiger partial charge on any atom is 0.323 e. The van der Waals surface area contributed by atoms with Crippen LogP contribution in [-0.4, -0.2) is 33.1 Å². The molecule has 0 radical (unpaired) electrons. The minimum absolute atomic E-state index is 0.204. The Hall–Kier alpha value is -1.85. The van der Waals surface area contributed by atoms with Crippen LogP contribution in [0.25, 0.3) is 0 Å². The van der Waals surface area contributed by atoms with Crippen LogP contribution in [0.15, 0.2) is 0 Å². The summed E-state index contributed by atoms with van der Waals surface area (Å²) in [7, 11) is 1.87. The van der Waals surface area contributed by atoms with E-state index >= 15 is 0 Å². The van der Waals surface area contributed by atoms with Gasteiger partial charge in [0.2, 0.25) is 0 Å². The molecule has 1 atom stereocenters. The lowest BCUT2D eigenvalue weighted by Crippen LogP contribution is -2.29. The number of likely N-dealkylation sites (N-methyl/N-ethyl adjacent to an activating group) is 1. The number of urea groups is 1. The third kappa shape index (κ3) is 1.60. The molecule has 1 saturated heterocycles. The Kier molecular flexibility index (Phi) is 2.65. The van der Waals surface area contributed by atoms with Gasteiger partial charge in [-0.2, -0.15) is 5.10 Å². The Bertz CT molecular complexity index is 490.